The van der Waals surface area contributed by atoms with Gasteiger partial charge in [0.05, 0.1) is 7.11 Å². The number of nitrogens with one attached hydrogen (secondary N) is 1. The number of aromatic carboxylic acids is 1. The Kier molecular flexibility index (Phi) is 3.82. The minimum Gasteiger partial charge on any atom is -0.496 e. The van der Waals surface area contributed by atoms with Crippen molar-refractivity contribution in [3.8, 4) is 5.75 Å². The molecule has 0 fully saturated rings. The first-order valence-electron chi connectivity index (χ1n) is 7.29. The van der Waals surface area contributed by atoms with Gasteiger partial charge < -0.3 is 19.6 Å². The van der Waals surface area contributed by atoms with E-state index in [9.17, 15) is 9.59 Å². The molecule has 1 atom stereocenters. The first-order valence-corrected chi connectivity index (χ1v) is 7.29. The Morgan fingerprint density at radius 2 is 2.13 bits per heavy atom. The van der Waals surface area contributed by atoms with Crippen LogP contribution in [0.5, 0.6) is 5.75 Å². The molecule has 120 valence electrons. The van der Waals surface area contributed by atoms with Crippen molar-refractivity contribution in [3.63, 3.8) is 0 Å². The summed E-state index contributed by atoms with van der Waals surface area (Å²) in [6.45, 7) is 1.60. The number of hydrogen-bond acceptors (Lipinski definition) is 4. The summed E-state index contributed by atoms with van der Waals surface area (Å²) in [5, 5.41) is 11.9. The zero-order valence-corrected chi connectivity index (χ0v) is 12.9. The molecule has 1 aromatic carbocycles. The van der Waals surface area contributed by atoms with Crippen LogP contribution in [0.25, 0.3) is 0 Å². The number of carbonyl (C=O) groups excluding carboxylic acids is 1. The molecule has 0 bridgehead atoms. The number of benzene rings is 1. The molecule has 3 rings (SSSR count). The van der Waals surface area contributed by atoms with E-state index in [0.717, 1.165) is 16.9 Å². The van der Waals surface area contributed by atoms with E-state index >= 15 is 0 Å². The second kappa shape index (κ2) is 5.79. The van der Waals surface area contributed by atoms with Crippen LogP contribution < -0.4 is 10.1 Å². The summed E-state index contributed by atoms with van der Waals surface area (Å²) in [6.07, 6.45) is 1.39. The Balaban J connectivity index is 1.73. The van der Waals surface area contributed by atoms with Crippen molar-refractivity contribution in [2.75, 3.05) is 7.11 Å². The lowest BCUT2D eigenvalue weighted by atomic mass is 10.1. The Bertz CT molecular complexity index is 777. The van der Waals surface area contributed by atoms with Gasteiger partial charge in [-0.3, -0.25) is 4.79 Å². The normalized spacial score (nSPS) is 16.0. The number of hydrogen-bond donors (Lipinski definition) is 2. The number of fused-ring (bicyclic) bond motifs is 1. The van der Waals surface area contributed by atoms with Gasteiger partial charge in [0.2, 0.25) is 5.76 Å². The van der Waals surface area contributed by atoms with E-state index in [4.69, 9.17) is 14.3 Å². The lowest BCUT2D eigenvalue weighted by molar-refractivity contribution is 0.0658. The van der Waals surface area contributed by atoms with Crippen molar-refractivity contribution in [2.45, 2.75) is 25.8 Å². The van der Waals surface area contributed by atoms with Crippen LogP contribution in [0.3, 0.4) is 0 Å². The van der Waals surface area contributed by atoms with Crippen molar-refractivity contribution < 1.29 is 23.8 Å². The fraction of sp³-hybridized carbons (Fsp3) is 0.294. The van der Waals surface area contributed by atoms with Gasteiger partial charge in [-0.2, -0.15) is 0 Å². The highest BCUT2D eigenvalue weighted by Gasteiger charge is 2.27. The maximum atomic E-state index is 12.3. The molecule has 1 amide bonds. The van der Waals surface area contributed by atoms with Crippen molar-refractivity contribution in [2.24, 2.45) is 0 Å². The fourth-order valence-corrected chi connectivity index (χ4v) is 2.97. The summed E-state index contributed by atoms with van der Waals surface area (Å²) in [5.74, 6) is -0.951. The van der Waals surface area contributed by atoms with Crippen molar-refractivity contribution >= 4 is 11.9 Å². The summed E-state index contributed by atoms with van der Waals surface area (Å²) in [6, 6.07) is 7.23. The SMILES string of the molecule is COc1cccc2c1CC(NC(=O)c1cc(C)c(C(=O)O)o1)C2. The Hall–Kier alpha value is -2.76. The molecule has 0 saturated carbocycles. The number of amides is 1. The highest BCUT2D eigenvalue weighted by atomic mass is 16.5. The molecule has 1 unspecified atom stereocenters. The van der Waals surface area contributed by atoms with Crippen molar-refractivity contribution in [1.82, 2.24) is 5.32 Å². The number of methoxy groups -OCH3 is 1. The number of carboxylic acids is 1. The molecule has 1 aliphatic carbocycles. The fourth-order valence-electron chi connectivity index (χ4n) is 2.97. The van der Waals surface area contributed by atoms with Crippen LogP contribution in [-0.4, -0.2) is 30.1 Å². The Morgan fingerprint density at radius 3 is 2.78 bits per heavy atom. The van der Waals surface area contributed by atoms with E-state index < -0.39 is 11.9 Å². The van der Waals surface area contributed by atoms with Gasteiger partial charge in [0, 0.05) is 11.6 Å². The van der Waals surface area contributed by atoms with Gasteiger partial charge in [-0.1, -0.05) is 12.1 Å². The summed E-state index contributed by atoms with van der Waals surface area (Å²) in [4.78, 5) is 23.2. The average molecular weight is 315 g/mol. The first kappa shape index (κ1) is 15.1. The van der Waals surface area contributed by atoms with Gasteiger partial charge in [-0.05, 0) is 43.0 Å². The standard InChI is InChI=1S/C17H17NO5/c1-9-6-14(23-15(9)17(20)21)16(19)18-11-7-10-4-3-5-13(22-2)12(10)8-11/h3-6,11H,7-8H2,1-2H3,(H,18,19)(H,20,21). The lowest BCUT2D eigenvalue weighted by Gasteiger charge is -2.10. The van der Waals surface area contributed by atoms with E-state index in [1.54, 1.807) is 14.0 Å². The summed E-state index contributed by atoms with van der Waals surface area (Å²) < 4.78 is 10.5. The van der Waals surface area contributed by atoms with Gasteiger partial charge in [-0.25, -0.2) is 4.79 Å². The summed E-state index contributed by atoms with van der Waals surface area (Å²) >= 11 is 0. The highest BCUT2D eigenvalue weighted by Crippen LogP contribution is 2.30. The predicted molar refractivity (Wildman–Crippen MR) is 82.1 cm³/mol. The van der Waals surface area contributed by atoms with E-state index in [1.165, 1.54) is 6.07 Å². The van der Waals surface area contributed by atoms with Crippen molar-refractivity contribution in [1.29, 1.82) is 0 Å². The molecule has 0 saturated heterocycles. The lowest BCUT2D eigenvalue weighted by Crippen LogP contribution is -2.35. The Labute approximate surface area is 133 Å². The van der Waals surface area contributed by atoms with Gasteiger partial charge in [0.15, 0.2) is 5.76 Å². The third-order valence-electron chi connectivity index (χ3n) is 4.04. The zero-order valence-electron chi connectivity index (χ0n) is 12.9. The minimum atomic E-state index is -1.18. The zero-order chi connectivity index (χ0) is 16.6. The molecule has 1 aliphatic rings. The van der Waals surface area contributed by atoms with Crippen LogP contribution >= 0.6 is 0 Å². The van der Waals surface area contributed by atoms with E-state index in [-0.39, 0.29) is 17.6 Å². The number of rotatable bonds is 4. The van der Waals surface area contributed by atoms with Crippen LogP contribution in [0.4, 0.5) is 0 Å². The van der Waals surface area contributed by atoms with Gasteiger partial charge >= 0.3 is 5.97 Å². The van der Waals surface area contributed by atoms with Gasteiger partial charge in [0.25, 0.3) is 5.91 Å². The first-order chi connectivity index (χ1) is 11.0. The topological polar surface area (TPSA) is 88.8 Å². The van der Waals surface area contributed by atoms with Crippen LogP contribution in [-0.2, 0) is 12.8 Å². The number of carbonyl (C=O) groups is 2. The highest BCUT2D eigenvalue weighted by molar-refractivity contribution is 5.94. The van der Waals surface area contributed by atoms with Gasteiger partial charge in [-0.15, -0.1) is 0 Å². The molecule has 2 N–H and O–H groups in total. The predicted octanol–water partition coefficient (Wildman–Crippen LogP) is 2.19. The maximum Gasteiger partial charge on any atom is 0.372 e. The molecule has 0 spiro atoms. The maximum absolute atomic E-state index is 12.3. The van der Waals surface area contributed by atoms with E-state index in [2.05, 4.69) is 5.32 Å². The molecule has 6 nitrogen and oxygen atoms in total. The molecule has 1 heterocycles. The van der Waals surface area contributed by atoms with Crippen LogP contribution in [0, 0.1) is 6.92 Å². The molecule has 0 aliphatic heterocycles. The second-order valence-electron chi connectivity index (χ2n) is 5.60. The quantitative estimate of drug-likeness (QED) is 0.903. The summed E-state index contributed by atoms with van der Waals surface area (Å²) in [7, 11) is 1.63. The van der Waals surface area contributed by atoms with Crippen LogP contribution in [0.15, 0.2) is 28.7 Å². The number of carboxylic acid groups (broad SMARTS) is 1. The number of ether oxygens (including phenoxy) is 1. The van der Waals surface area contributed by atoms with E-state index in [0.29, 0.717) is 18.4 Å². The molecule has 23 heavy (non-hydrogen) atoms. The average Bonchev–Trinajstić information content (AvgIpc) is 3.09. The largest absolute Gasteiger partial charge is 0.496 e. The minimum absolute atomic E-state index is 0.0165. The molecule has 6 heteroatoms. The molecule has 2 aromatic rings. The third kappa shape index (κ3) is 2.79. The molecule has 0 radical (unpaired) electrons. The number of furan rings is 1. The summed E-state index contributed by atoms with van der Waals surface area (Å²) in [5.41, 5.74) is 2.68. The third-order valence-corrected chi connectivity index (χ3v) is 4.04. The Morgan fingerprint density at radius 1 is 1.35 bits per heavy atom. The second-order valence-corrected chi connectivity index (χ2v) is 5.60. The van der Waals surface area contributed by atoms with Crippen LogP contribution in [0.1, 0.15) is 37.8 Å². The molecular weight excluding hydrogens is 298 g/mol. The van der Waals surface area contributed by atoms with Crippen molar-refractivity contribution in [3.05, 3.63) is 52.5 Å². The smallest absolute Gasteiger partial charge is 0.372 e. The number of aryl methyl sites for hydroxylation is 1. The van der Waals surface area contributed by atoms with Gasteiger partial charge in [0.1, 0.15) is 5.75 Å². The monoisotopic (exact) mass is 315 g/mol. The van der Waals surface area contributed by atoms with E-state index in [1.807, 2.05) is 18.2 Å². The molecule has 1 aromatic heterocycles. The van der Waals surface area contributed by atoms with Crippen LogP contribution in [0.2, 0.25) is 0 Å². The molecular formula is C17H17NO5.